The van der Waals surface area contributed by atoms with E-state index in [0.717, 1.165) is 12.2 Å². The summed E-state index contributed by atoms with van der Waals surface area (Å²) in [4.78, 5) is 0. The van der Waals surface area contributed by atoms with Crippen LogP contribution in [0.5, 0.6) is 0 Å². The fraction of sp³-hybridized carbons (Fsp3) is 0.143. The summed E-state index contributed by atoms with van der Waals surface area (Å²) in [6.07, 6.45) is 0. The summed E-state index contributed by atoms with van der Waals surface area (Å²) in [5.74, 6) is 0. The van der Waals surface area contributed by atoms with Crippen molar-refractivity contribution in [3.05, 3.63) is 90.5 Å². The van der Waals surface area contributed by atoms with Gasteiger partial charge in [0.25, 0.3) is 0 Å². The highest BCUT2D eigenvalue weighted by Gasteiger charge is 2.20. The number of benzene rings is 3. The Kier molecular flexibility index (Phi) is 5.70. The van der Waals surface area contributed by atoms with Crippen LogP contribution in [0.15, 0.2) is 84.9 Å². The van der Waals surface area contributed by atoms with Gasteiger partial charge in [0.15, 0.2) is 0 Å². The molecule has 0 heterocycles. The van der Waals surface area contributed by atoms with Crippen LogP contribution < -0.4 is 16.2 Å². The molecule has 0 bridgehead atoms. The zero-order valence-electron chi connectivity index (χ0n) is 14.0. The molecule has 3 heteroatoms. The van der Waals surface area contributed by atoms with Crippen LogP contribution in [0.4, 0.5) is 5.69 Å². The number of anilines is 1. The second-order valence-electron chi connectivity index (χ2n) is 5.86. The molecule has 0 saturated carbocycles. The van der Waals surface area contributed by atoms with Crippen molar-refractivity contribution in [3.63, 3.8) is 0 Å². The standard InChI is InChI=1S/C21H22BNO/c1-18-12-14-21(15-13-18)23-16-17-24-22(19-8-4-2-5-9-19)20-10-6-3-7-11-20/h2-15,23H,16-17H2,1H3. The molecule has 0 aliphatic heterocycles. The highest BCUT2D eigenvalue weighted by Crippen LogP contribution is 2.07. The monoisotopic (exact) mass is 315 g/mol. The minimum atomic E-state index is -0.0350. The molecule has 0 unspecified atom stereocenters. The van der Waals surface area contributed by atoms with Crippen LogP contribution in [-0.2, 0) is 4.65 Å². The van der Waals surface area contributed by atoms with Crippen LogP contribution in [0.3, 0.4) is 0 Å². The summed E-state index contributed by atoms with van der Waals surface area (Å²) in [7, 11) is 0. The quantitative estimate of drug-likeness (QED) is 0.534. The van der Waals surface area contributed by atoms with Gasteiger partial charge in [-0.1, -0.05) is 78.4 Å². The summed E-state index contributed by atoms with van der Waals surface area (Å²) >= 11 is 0. The van der Waals surface area contributed by atoms with Gasteiger partial charge in [-0.25, -0.2) is 0 Å². The largest absolute Gasteiger partial charge is 0.425 e. The predicted octanol–water partition coefficient (Wildman–Crippen LogP) is 3.23. The van der Waals surface area contributed by atoms with Crippen molar-refractivity contribution in [2.24, 2.45) is 0 Å². The van der Waals surface area contributed by atoms with Crippen LogP contribution in [0.1, 0.15) is 5.56 Å². The Hall–Kier alpha value is -2.52. The molecule has 3 rings (SSSR count). The molecule has 0 atom stereocenters. The van der Waals surface area contributed by atoms with Crippen molar-refractivity contribution in [2.75, 3.05) is 18.5 Å². The number of hydrogen-bond donors (Lipinski definition) is 1. The lowest BCUT2D eigenvalue weighted by Gasteiger charge is -2.16. The lowest BCUT2D eigenvalue weighted by molar-refractivity contribution is 0.350. The van der Waals surface area contributed by atoms with Crippen molar-refractivity contribution in [1.82, 2.24) is 0 Å². The van der Waals surface area contributed by atoms with Gasteiger partial charge in [-0.15, -0.1) is 0 Å². The Morgan fingerprint density at radius 1 is 0.750 bits per heavy atom. The number of hydrogen-bond acceptors (Lipinski definition) is 2. The SMILES string of the molecule is Cc1ccc(NCCOB(c2ccccc2)c2ccccc2)cc1. The molecule has 0 saturated heterocycles. The van der Waals surface area contributed by atoms with Crippen LogP contribution in [-0.4, -0.2) is 20.1 Å². The highest BCUT2D eigenvalue weighted by atomic mass is 16.4. The summed E-state index contributed by atoms with van der Waals surface area (Å²) in [5, 5.41) is 3.41. The van der Waals surface area contributed by atoms with Gasteiger partial charge in [-0.05, 0) is 30.0 Å². The van der Waals surface area contributed by atoms with Crippen molar-refractivity contribution in [1.29, 1.82) is 0 Å². The van der Waals surface area contributed by atoms with Gasteiger partial charge >= 0.3 is 6.92 Å². The van der Waals surface area contributed by atoms with E-state index in [0.29, 0.717) is 6.61 Å². The maximum Gasteiger partial charge on any atom is 0.361 e. The third-order valence-corrected chi connectivity index (χ3v) is 3.97. The number of aryl methyl sites for hydroxylation is 1. The zero-order valence-corrected chi connectivity index (χ0v) is 14.0. The Balaban J connectivity index is 1.61. The van der Waals surface area contributed by atoms with E-state index in [9.17, 15) is 0 Å². The molecule has 0 aromatic heterocycles. The average Bonchev–Trinajstić information content (AvgIpc) is 2.65. The number of rotatable bonds is 7. The molecule has 3 aromatic carbocycles. The fourth-order valence-corrected chi connectivity index (χ4v) is 2.68. The summed E-state index contributed by atoms with van der Waals surface area (Å²) in [6.45, 7) is 3.48. The second-order valence-corrected chi connectivity index (χ2v) is 5.86. The second kappa shape index (κ2) is 8.37. The topological polar surface area (TPSA) is 21.3 Å². The normalized spacial score (nSPS) is 10.4. The molecule has 0 radical (unpaired) electrons. The molecule has 0 aliphatic carbocycles. The number of nitrogens with one attached hydrogen (secondary N) is 1. The fourth-order valence-electron chi connectivity index (χ4n) is 2.68. The summed E-state index contributed by atoms with van der Waals surface area (Å²) in [6, 6.07) is 29.2. The van der Waals surface area contributed by atoms with Crippen LogP contribution in [0, 0.1) is 6.92 Å². The first-order valence-electron chi connectivity index (χ1n) is 8.35. The van der Waals surface area contributed by atoms with E-state index < -0.39 is 0 Å². The molecular formula is C21H22BNO. The molecule has 0 aliphatic rings. The van der Waals surface area contributed by atoms with Gasteiger partial charge in [0.2, 0.25) is 0 Å². The first-order valence-corrected chi connectivity index (χ1v) is 8.35. The molecule has 120 valence electrons. The first kappa shape index (κ1) is 16.3. The summed E-state index contributed by atoms with van der Waals surface area (Å²) in [5.41, 5.74) is 4.75. The third kappa shape index (κ3) is 4.50. The lowest BCUT2D eigenvalue weighted by Crippen LogP contribution is -2.45. The van der Waals surface area contributed by atoms with Crippen molar-refractivity contribution >= 4 is 23.5 Å². The molecule has 1 N–H and O–H groups in total. The van der Waals surface area contributed by atoms with Gasteiger partial charge < -0.3 is 9.97 Å². The van der Waals surface area contributed by atoms with Gasteiger partial charge in [-0.3, -0.25) is 0 Å². The Morgan fingerprint density at radius 3 is 1.83 bits per heavy atom. The van der Waals surface area contributed by atoms with Gasteiger partial charge in [0.05, 0.1) is 0 Å². The molecule has 2 nitrogen and oxygen atoms in total. The molecule has 0 spiro atoms. The smallest absolute Gasteiger partial charge is 0.361 e. The molecule has 3 aromatic rings. The minimum absolute atomic E-state index is 0.0350. The average molecular weight is 315 g/mol. The van der Waals surface area contributed by atoms with Crippen molar-refractivity contribution in [2.45, 2.75) is 6.92 Å². The third-order valence-electron chi connectivity index (χ3n) is 3.97. The van der Waals surface area contributed by atoms with E-state index >= 15 is 0 Å². The maximum atomic E-state index is 6.20. The zero-order chi connectivity index (χ0) is 16.6. The van der Waals surface area contributed by atoms with Crippen LogP contribution in [0.25, 0.3) is 0 Å². The lowest BCUT2D eigenvalue weighted by atomic mass is 9.55. The highest BCUT2D eigenvalue weighted by molar-refractivity contribution is 6.80. The Morgan fingerprint density at radius 2 is 1.29 bits per heavy atom. The van der Waals surface area contributed by atoms with Gasteiger partial charge in [-0.2, -0.15) is 0 Å². The molecule has 0 fully saturated rings. The van der Waals surface area contributed by atoms with E-state index in [2.05, 4.69) is 85.0 Å². The minimum Gasteiger partial charge on any atom is -0.425 e. The predicted molar refractivity (Wildman–Crippen MR) is 104 cm³/mol. The maximum absolute atomic E-state index is 6.20. The Labute approximate surface area is 144 Å². The van der Waals surface area contributed by atoms with E-state index in [1.165, 1.54) is 16.5 Å². The van der Waals surface area contributed by atoms with E-state index in [-0.39, 0.29) is 6.92 Å². The van der Waals surface area contributed by atoms with Crippen LogP contribution >= 0.6 is 0 Å². The van der Waals surface area contributed by atoms with Crippen LogP contribution in [0.2, 0.25) is 0 Å². The van der Waals surface area contributed by atoms with Crippen molar-refractivity contribution in [3.8, 4) is 0 Å². The molecule has 0 amide bonds. The van der Waals surface area contributed by atoms with E-state index in [4.69, 9.17) is 4.65 Å². The first-order chi connectivity index (χ1) is 11.8. The van der Waals surface area contributed by atoms with Gasteiger partial charge in [0, 0.05) is 18.8 Å². The van der Waals surface area contributed by atoms with Gasteiger partial charge in [0.1, 0.15) is 0 Å². The summed E-state index contributed by atoms with van der Waals surface area (Å²) < 4.78 is 6.20. The van der Waals surface area contributed by atoms with Crippen molar-refractivity contribution < 1.29 is 4.65 Å². The van der Waals surface area contributed by atoms with E-state index in [1.807, 2.05) is 12.1 Å². The van der Waals surface area contributed by atoms with E-state index in [1.54, 1.807) is 0 Å². The molecule has 24 heavy (non-hydrogen) atoms. The Bertz CT molecular complexity index is 689. The molecular weight excluding hydrogens is 293 g/mol.